The van der Waals surface area contributed by atoms with E-state index in [1.807, 2.05) is 12.2 Å². The number of carbonyl (C=O) groups is 1. The zero-order chi connectivity index (χ0) is 22.3. The highest BCUT2D eigenvalue weighted by atomic mass is 16.5. The Morgan fingerprint density at radius 2 is 1.20 bits per heavy atom. The van der Waals surface area contributed by atoms with E-state index in [1.165, 1.54) is 51.4 Å². The Kier molecular flexibility index (Phi) is 20.3. The van der Waals surface area contributed by atoms with Crippen LogP contribution in [0.5, 0.6) is 0 Å². The van der Waals surface area contributed by atoms with E-state index in [0.717, 1.165) is 62.9 Å². The molecule has 0 atom stereocenters. The lowest BCUT2D eigenvalue weighted by Crippen LogP contribution is -2.45. The van der Waals surface area contributed by atoms with Crippen molar-refractivity contribution >= 4 is 5.97 Å². The van der Waals surface area contributed by atoms with Crippen LogP contribution in [-0.2, 0) is 14.3 Å². The number of ether oxygens (including phenoxy) is 2. The van der Waals surface area contributed by atoms with Crippen LogP contribution in [0.3, 0.4) is 0 Å². The fraction of sp³-hybridized carbons (Fsp3) is 0.808. The van der Waals surface area contributed by atoms with Crippen LogP contribution >= 0.6 is 0 Å². The largest absolute Gasteiger partial charge is 0.460 e. The number of allylic oxidation sites excluding steroid dienone is 2. The summed E-state index contributed by atoms with van der Waals surface area (Å²) in [6.07, 6.45) is 20.1. The van der Waals surface area contributed by atoms with E-state index in [2.05, 4.69) is 27.3 Å². The third-order valence-corrected chi connectivity index (χ3v) is 5.54. The van der Waals surface area contributed by atoms with Crippen molar-refractivity contribution in [1.29, 1.82) is 0 Å². The van der Waals surface area contributed by atoms with Crippen molar-refractivity contribution in [3.63, 3.8) is 0 Å². The summed E-state index contributed by atoms with van der Waals surface area (Å²) in [5, 5.41) is 0. The van der Waals surface area contributed by atoms with Crippen molar-refractivity contribution in [3.05, 3.63) is 25.3 Å². The lowest BCUT2D eigenvalue weighted by molar-refractivity contribution is -0.890. The van der Waals surface area contributed by atoms with Gasteiger partial charge in [0.05, 0.1) is 20.7 Å². The molecule has 0 aromatic heterocycles. The number of hydrogen-bond acceptors (Lipinski definition) is 3. The minimum absolute atomic E-state index is 0.0539. The Bertz CT molecular complexity index is 421. The summed E-state index contributed by atoms with van der Waals surface area (Å²) in [6.45, 7) is 11.4. The lowest BCUT2D eigenvalue weighted by atomic mass is 10.1. The monoisotopic (exact) mass is 424 g/mol. The molecule has 0 aliphatic rings. The van der Waals surface area contributed by atoms with E-state index in [-0.39, 0.29) is 5.97 Å². The smallest absolute Gasteiger partial charge is 0.305 e. The number of unbranched alkanes of at least 4 members (excludes halogenated alkanes) is 11. The summed E-state index contributed by atoms with van der Waals surface area (Å²) >= 11 is 0. The number of carbonyl (C=O) groups excluding carboxylic acids is 1. The second-order valence-corrected chi connectivity index (χ2v) is 9.01. The standard InChI is InChI=1S/C26H50NO3/c1-5-7-9-11-13-15-17-19-23-29-24-21-27(3,4)22-25-30-26(28)20-18-16-14-12-10-8-6-2/h5-6H,1-2,7-25H2,3-4H3/q+1. The summed E-state index contributed by atoms with van der Waals surface area (Å²) in [7, 11) is 4.34. The van der Waals surface area contributed by atoms with Gasteiger partial charge in [-0.2, -0.15) is 0 Å². The first-order valence-electron chi connectivity index (χ1n) is 12.3. The fourth-order valence-corrected chi connectivity index (χ4v) is 3.29. The van der Waals surface area contributed by atoms with Gasteiger partial charge in [0.2, 0.25) is 0 Å². The van der Waals surface area contributed by atoms with Crippen molar-refractivity contribution in [2.24, 2.45) is 0 Å². The minimum Gasteiger partial charge on any atom is -0.460 e. The molecule has 4 heteroatoms. The van der Waals surface area contributed by atoms with E-state index in [4.69, 9.17) is 9.47 Å². The molecule has 30 heavy (non-hydrogen) atoms. The maximum atomic E-state index is 11.9. The Morgan fingerprint density at radius 3 is 1.80 bits per heavy atom. The van der Waals surface area contributed by atoms with Crippen LogP contribution < -0.4 is 0 Å². The predicted molar refractivity (Wildman–Crippen MR) is 129 cm³/mol. The number of hydrogen-bond donors (Lipinski definition) is 0. The van der Waals surface area contributed by atoms with Gasteiger partial charge >= 0.3 is 5.97 Å². The minimum atomic E-state index is -0.0539. The number of esters is 1. The quantitative estimate of drug-likeness (QED) is 0.0817. The Labute approximate surface area is 187 Å². The second-order valence-electron chi connectivity index (χ2n) is 9.01. The first kappa shape index (κ1) is 28.9. The highest BCUT2D eigenvalue weighted by Gasteiger charge is 2.15. The molecule has 0 aromatic carbocycles. The number of quaternary nitrogens is 1. The van der Waals surface area contributed by atoms with Crippen LogP contribution in [0.1, 0.15) is 89.9 Å². The van der Waals surface area contributed by atoms with Crippen LogP contribution in [0, 0.1) is 0 Å². The van der Waals surface area contributed by atoms with E-state index < -0.39 is 0 Å². The van der Waals surface area contributed by atoms with Gasteiger partial charge in [0, 0.05) is 13.0 Å². The van der Waals surface area contributed by atoms with Gasteiger partial charge in [-0.25, -0.2) is 0 Å². The molecule has 0 aliphatic heterocycles. The summed E-state index contributed by atoms with van der Waals surface area (Å²) < 4.78 is 12.0. The molecule has 0 bridgehead atoms. The zero-order valence-corrected chi connectivity index (χ0v) is 20.2. The molecule has 0 aliphatic carbocycles. The van der Waals surface area contributed by atoms with Gasteiger partial charge in [-0.15, -0.1) is 13.2 Å². The molecule has 0 spiro atoms. The molecule has 0 fully saturated rings. The van der Waals surface area contributed by atoms with Crippen molar-refractivity contribution in [2.75, 3.05) is 47.0 Å². The average molecular weight is 425 g/mol. The van der Waals surface area contributed by atoms with Crippen LogP contribution in [0.4, 0.5) is 0 Å². The average Bonchev–Trinajstić information content (AvgIpc) is 2.71. The van der Waals surface area contributed by atoms with Gasteiger partial charge in [-0.1, -0.05) is 57.1 Å². The molecule has 0 unspecified atom stereocenters. The molecule has 0 saturated carbocycles. The highest BCUT2D eigenvalue weighted by molar-refractivity contribution is 5.69. The van der Waals surface area contributed by atoms with E-state index in [1.54, 1.807) is 0 Å². The molecular formula is C26H50NO3+. The second kappa shape index (κ2) is 21.1. The first-order valence-corrected chi connectivity index (χ1v) is 12.3. The van der Waals surface area contributed by atoms with Crippen LogP contribution in [0.25, 0.3) is 0 Å². The van der Waals surface area contributed by atoms with Gasteiger partial charge < -0.3 is 14.0 Å². The third kappa shape index (κ3) is 21.6. The van der Waals surface area contributed by atoms with E-state index in [0.29, 0.717) is 13.0 Å². The van der Waals surface area contributed by atoms with Gasteiger partial charge in [0.15, 0.2) is 0 Å². The molecule has 0 rings (SSSR count). The summed E-state index contributed by atoms with van der Waals surface area (Å²) in [5.74, 6) is -0.0539. The number of nitrogens with zero attached hydrogens (tertiary/aromatic N) is 1. The fourth-order valence-electron chi connectivity index (χ4n) is 3.29. The third-order valence-electron chi connectivity index (χ3n) is 5.54. The molecular weight excluding hydrogens is 374 g/mol. The van der Waals surface area contributed by atoms with Gasteiger partial charge in [0.1, 0.15) is 19.7 Å². The Balaban J connectivity index is 3.48. The van der Waals surface area contributed by atoms with Crippen LogP contribution in [0.15, 0.2) is 25.3 Å². The highest BCUT2D eigenvalue weighted by Crippen LogP contribution is 2.09. The Hall–Kier alpha value is -1.13. The van der Waals surface area contributed by atoms with E-state index in [9.17, 15) is 4.79 Å². The topological polar surface area (TPSA) is 35.5 Å². The summed E-state index contributed by atoms with van der Waals surface area (Å²) in [4.78, 5) is 11.9. The molecule has 0 heterocycles. The molecule has 0 saturated heterocycles. The zero-order valence-electron chi connectivity index (χ0n) is 20.2. The number of rotatable bonds is 23. The maximum absolute atomic E-state index is 11.9. The normalized spacial score (nSPS) is 11.4. The van der Waals surface area contributed by atoms with Crippen molar-refractivity contribution in [1.82, 2.24) is 0 Å². The van der Waals surface area contributed by atoms with E-state index >= 15 is 0 Å². The Morgan fingerprint density at radius 1 is 0.700 bits per heavy atom. The van der Waals surface area contributed by atoms with Crippen LogP contribution in [-0.4, -0.2) is 57.5 Å². The molecule has 0 radical (unpaired) electrons. The van der Waals surface area contributed by atoms with Crippen molar-refractivity contribution in [3.8, 4) is 0 Å². The molecule has 0 amide bonds. The summed E-state index contributed by atoms with van der Waals surface area (Å²) in [5.41, 5.74) is 0. The van der Waals surface area contributed by atoms with Gasteiger partial charge in [-0.05, 0) is 38.5 Å². The molecule has 176 valence electrons. The molecule has 0 N–H and O–H groups in total. The number of likely N-dealkylation sites (N-methyl/N-ethyl adjacent to an activating group) is 1. The SMILES string of the molecule is C=CCCCCCCCCOCC[N+](C)(C)CCOC(=O)CCCCCCCC=C. The predicted octanol–water partition coefficient (Wildman–Crippen LogP) is 6.46. The van der Waals surface area contributed by atoms with Gasteiger partial charge in [-0.3, -0.25) is 4.79 Å². The lowest BCUT2D eigenvalue weighted by Gasteiger charge is -2.29. The van der Waals surface area contributed by atoms with Gasteiger partial charge in [0.25, 0.3) is 0 Å². The van der Waals surface area contributed by atoms with Crippen molar-refractivity contribution < 1.29 is 18.8 Å². The summed E-state index contributed by atoms with van der Waals surface area (Å²) in [6, 6.07) is 0. The van der Waals surface area contributed by atoms with Crippen molar-refractivity contribution in [2.45, 2.75) is 89.9 Å². The van der Waals surface area contributed by atoms with Crippen LogP contribution in [0.2, 0.25) is 0 Å². The molecule has 0 aromatic rings. The molecule has 4 nitrogen and oxygen atoms in total. The first-order chi connectivity index (χ1) is 14.5. The maximum Gasteiger partial charge on any atom is 0.305 e.